The monoisotopic (exact) mass is 271 g/mol. The standard InChI is InChI=1S/C10H10BrNO3/c1-6(14)12-9-4-10(15-2)8(11)3-7(9)5-13/h3-5H,1-2H3,(H,12,14). The van der Waals surface area contributed by atoms with Crippen LogP contribution in [0.3, 0.4) is 0 Å². The zero-order chi connectivity index (χ0) is 11.4. The van der Waals surface area contributed by atoms with E-state index < -0.39 is 0 Å². The molecule has 0 aliphatic rings. The van der Waals surface area contributed by atoms with E-state index in [0.717, 1.165) is 0 Å². The average molecular weight is 272 g/mol. The summed E-state index contributed by atoms with van der Waals surface area (Å²) < 4.78 is 5.72. The second kappa shape index (κ2) is 4.93. The van der Waals surface area contributed by atoms with Gasteiger partial charge in [0, 0.05) is 18.6 Å². The van der Waals surface area contributed by atoms with Crippen molar-refractivity contribution in [2.24, 2.45) is 0 Å². The van der Waals surface area contributed by atoms with Crippen molar-refractivity contribution in [3.05, 3.63) is 22.2 Å². The number of halogens is 1. The van der Waals surface area contributed by atoms with Gasteiger partial charge in [-0.3, -0.25) is 9.59 Å². The summed E-state index contributed by atoms with van der Waals surface area (Å²) in [4.78, 5) is 21.6. The quantitative estimate of drug-likeness (QED) is 0.858. The third-order valence-electron chi connectivity index (χ3n) is 1.76. The van der Waals surface area contributed by atoms with Crippen LogP contribution in [0.5, 0.6) is 5.75 Å². The van der Waals surface area contributed by atoms with Gasteiger partial charge in [0.2, 0.25) is 5.91 Å². The first-order chi connectivity index (χ1) is 7.08. The highest BCUT2D eigenvalue weighted by Crippen LogP contribution is 2.30. The number of hydrogen-bond acceptors (Lipinski definition) is 3. The summed E-state index contributed by atoms with van der Waals surface area (Å²) in [6.45, 7) is 1.38. The minimum absolute atomic E-state index is 0.234. The van der Waals surface area contributed by atoms with Crippen LogP contribution in [0.4, 0.5) is 5.69 Å². The number of hydrogen-bond donors (Lipinski definition) is 1. The number of ether oxygens (including phenoxy) is 1. The number of methoxy groups -OCH3 is 1. The van der Waals surface area contributed by atoms with E-state index in [-0.39, 0.29) is 5.91 Å². The summed E-state index contributed by atoms with van der Waals surface area (Å²) >= 11 is 3.25. The molecule has 0 aliphatic carbocycles. The molecule has 0 fully saturated rings. The molecule has 80 valence electrons. The Morgan fingerprint density at radius 1 is 1.53 bits per heavy atom. The van der Waals surface area contributed by atoms with Gasteiger partial charge in [0.05, 0.1) is 17.3 Å². The van der Waals surface area contributed by atoms with E-state index in [2.05, 4.69) is 21.2 Å². The van der Waals surface area contributed by atoms with Crippen LogP contribution in [0, 0.1) is 0 Å². The third-order valence-corrected chi connectivity index (χ3v) is 2.38. The molecule has 4 nitrogen and oxygen atoms in total. The Kier molecular flexibility index (Phi) is 3.85. The molecular weight excluding hydrogens is 262 g/mol. The van der Waals surface area contributed by atoms with Crippen molar-refractivity contribution < 1.29 is 14.3 Å². The van der Waals surface area contributed by atoms with Gasteiger partial charge in [-0.1, -0.05) is 0 Å². The number of anilines is 1. The molecule has 0 spiro atoms. The lowest BCUT2D eigenvalue weighted by molar-refractivity contribution is -0.114. The Labute approximate surface area is 95.7 Å². The van der Waals surface area contributed by atoms with Gasteiger partial charge >= 0.3 is 0 Å². The van der Waals surface area contributed by atoms with Crippen LogP contribution in [0.1, 0.15) is 17.3 Å². The molecule has 0 unspecified atom stereocenters. The van der Waals surface area contributed by atoms with Gasteiger partial charge in [-0.15, -0.1) is 0 Å². The van der Waals surface area contributed by atoms with E-state index >= 15 is 0 Å². The van der Waals surface area contributed by atoms with Crippen LogP contribution in [0.2, 0.25) is 0 Å². The number of carbonyl (C=O) groups is 2. The second-order valence-electron chi connectivity index (χ2n) is 2.87. The normalized spacial score (nSPS) is 9.53. The average Bonchev–Trinajstić information content (AvgIpc) is 2.19. The van der Waals surface area contributed by atoms with Crippen LogP contribution in [0.25, 0.3) is 0 Å². The lowest BCUT2D eigenvalue weighted by Crippen LogP contribution is -2.08. The zero-order valence-electron chi connectivity index (χ0n) is 8.33. The minimum Gasteiger partial charge on any atom is -0.495 e. The van der Waals surface area contributed by atoms with Crippen LogP contribution in [-0.4, -0.2) is 19.3 Å². The molecule has 15 heavy (non-hydrogen) atoms. The number of carbonyl (C=O) groups excluding carboxylic acids is 2. The van der Waals surface area contributed by atoms with Crippen LogP contribution in [-0.2, 0) is 4.79 Å². The molecule has 0 aromatic heterocycles. The van der Waals surface area contributed by atoms with E-state index in [4.69, 9.17) is 4.74 Å². The summed E-state index contributed by atoms with van der Waals surface area (Å²) in [6.07, 6.45) is 0.676. The third kappa shape index (κ3) is 2.79. The number of aldehydes is 1. The van der Waals surface area contributed by atoms with Gasteiger partial charge in [-0.2, -0.15) is 0 Å². The fourth-order valence-electron chi connectivity index (χ4n) is 1.12. The van der Waals surface area contributed by atoms with Crippen molar-refractivity contribution in [3.63, 3.8) is 0 Å². The van der Waals surface area contributed by atoms with Gasteiger partial charge < -0.3 is 10.1 Å². The number of benzene rings is 1. The van der Waals surface area contributed by atoms with Crippen molar-refractivity contribution in [3.8, 4) is 5.75 Å². The van der Waals surface area contributed by atoms with Gasteiger partial charge in [0.15, 0.2) is 6.29 Å². The molecule has 0 saturated carbocycles. The molecule has 0 aliphatic heterocycles. The first-order valence-electron chi connectivity index (χ1n) is 4.18. The molecule has 1 N–H and O–H groups in total. The topological polar surface area (TPSA) is 55.4 Å². The predicted molar refractivity (Wildman–Crippen MR) is 60.4 cm³/mol. The number of nitrogens with one attached hydrogen (secondary N) is 1. The zero-order valence-corrected chi connectivity index (χ0v) is 9.92. The maximum Gasteiger partial charge on any atom is 0.221 e. The summed E-state index contributed by atoms with van der Waals surface area (Å²) in [5, 5.41) is 2.56. The van der Waals surface area contributed by atoms with Gasteiger partial charge in [-0.05, 0) is 22.0 Å². The fourth-order valence-corrected chi connectivity index (χ4v) is 1.64. The van der Waals surface area contributed by atoms with Crippen LogP contribution in [0.15, 0.2) is 16.6 Å². The highest BCUT2D eigenvalue weighted by Gasteiger charge is 2.09. The molecule has 5 heteroatoms. The highest BCUT2D eigenvalue weighted by molar-refractivity contribution is 9.10. The first-order valence-corrected chi connectivity index (χ1v) is 4.98. The first kappa shape index (κ1) is 11.7. The Morgan fingerprint density at radius 3 is 2.67 bits per heavy atom. The summed E-state index contributed by atoms with van der Waals surface area (Å²) in [5.41, 5.74) is 0.843. The largest absolute Gasteiger partial charge is 0.495 e. The van der Waals surface area contributed by atoms with E-state index in [1.54, 1.807) is 12.1 Å². The van der Waals surface area contributed by atoms with E-state index in [0.29, 0.717) is 27.8 Å². The fraction of sp³-hybridized carbons (Fsp3) is 0.200. The summed E-state index contributed by atoms with van der Waals surface area (Å²) in [6, 6.07) is 3.19. The summed E-state index contributed by atoms with van der Waals surface area (Å²) in [5.74, 6) is 0.326. The number of amides is 1. The van der Waals surface area contributed by atoms with Crippen molar-refractivity contribution in [2.75, 3.05) is 12.4 Å². The molecule has 1 aromatic carbocycles. The van der Waals surface area contributed by atoms with Crippen LogP contribution < -0.4 is 10.1 Å². The lowest BCUT2D eigenvalue weighted by Gasteiger charge is -2.09. The molecule has 0 radical (unpaired) electrons. The maximum atomic E-state index is 10.9. The van der Waals surface area contributed by atoms with E-state index in [1.807, 2.05) is 0 Å². The Balaban J connectivity index is 3.21. The van der Waals surface area contributed by atoms with Gasteiger partial charge in [0.1, 0.15) is 5.75 Å². The van der Waals surface area contributed by atoms with Crippen molar-refractivity contribution >= 4 is 33.8 Å². The molecule has 1 rings (SSSR count). The molecule has 0 atom stereocenters. The predicted octanol–water partition coefficient (Wildman–Crippen LogP) is 2.23. The lowest BCUT2D eigenvalue weighted by atomic mass is 10.2. The number of rotatable bonds is 3. The minimum atomic E-state index is -0.234. The van der Waals surface area contributed by atoms with Gasteiger partial charge in [0.25, 0.3) is 0 Å². The molecular formula is C10H10BrNO3. The molecule has 1 amide bonds. The van der Waals surface area contributed by atoms with E-state index in [9.17, 15) is 9.59 Å². The Morgan fingerprint density at radius 2 is 2.20 bits per heavy atom. The van der Waals surface area contributed by atoms with Crippen molar-refractivity contribution in [1.82, 2.24) is 0 Å². The summed E-state index contributed by atoms with van der Waals surface area (Å²) in [7, 11) is 1.51. The van der Waals surface area contributed by atoms with Crippen molar-refractivity contribution in [2.45, 2.75) is 6.92 Å². The SMILES string of the molecule is COc1cc(NC(C)=O)c(C=O)cc1Br. The highest BCUT2D eigenvalue weighted by atomic mass is 79.9. The smallest absolute Gasteiger partial charge is 0.221 e. The van der Waals surface area contributed by atoms with Gasteiger partial charge in [-0.25, -0.2) is 0 Å². The van der Waals surface area contributed by atoms with Crippen LogP contribution >= 0.6 is 15.9 Å². The Bertz CT molecular complexity index is 404. The molecule has 0 bridgehead atoms. The molecule has 1 aromatic rings. The van der Waals surface area contributed by atoms with Crippen molar-refractivity contribution in [1.29, 1.82) is 0 Å². The molecule has 0 heterocycles. The maximum absolute atomic E-state index is 10.9. The Hall–Kier alpha value is -1.36. The second-order valence-corrected chi connectivity index (χ2v) is 3.73. The molecule has 0 saturated heterocycles. The van der Waals surface area contributed by atoms with E-state index in [1.165, 1.54) is 14.0 Å².